The van der Waals surface area contributed by atoms with Gasteiger partial charge in [-0.05, 0) is 68.7 Å². The van der Waals surface area contributed by atoms with Gasteiger partial charge in [-0.25, -0.2) is 9.59 Å². The van der Waals surface area contributed by atoms with Crippen LogP contribution in [0.5, 0.6) is 0 Å². The smallest absolute Gasteiger partial charge is 0.412 e. The highest BCUT2D eigenvalue weighted by Crippen LogP contribution is 2.32. The van der Waals surface area contributed by atoms with Gasteiger partial charge in [-0.3, -0.25) is 20.0 Å². The number of amides is 4. The van der Waals surface area contributed by atoms with Crippen molar-refractivity contribution < 1.29 is 19.1 Å². The zero-order valence-electron chi connectivity index (χ0n) is 21.4. The molecule has 0 bridgehead atoms. The maximum atomic E-state index is 13.1. The van der Waals surface area contributed by atoms with Gasteiger partial charge >= 0.3 is 12.1 Å². The number of benzene rings is 1. The van der Waals surface area contributed by atoms with E-state index in [9.17, 15) is 14.4 Å². The van der Waals surface area contributed by atoms with Crippen LogP contribution < -0.4 is 15.5 Å². The van der Waals surface area contributed by atoms with Crippen LogP contribution in [0, 0.1) is 6.92 Å². The summed E-state index contributed by atoms with van der Waals surface area (Å²) in [5.41, 5.74) is 2.75. The fourth-order valence-electron chi connectivity index (χ4n) is 3.86. The van der Waals surface area contributed by atoms with Crippen molar-refractivity contribution in [1.29, 1.82) is 0 Å². The second-order valence-electron chi connectivity index (χ2n) is 9.82. The number of anilines is 2. The van der Waals surface area contributed by atoms with E-state index in [-0.39, 0.29) is 11.9 Å². The Kier molecular flexibility index (Phi) is 7.77. The zero-order chi connectivity index (χ0) is 26.6. The molecule has 0 spiro atoms. The van der Waals surface area contributed by atoms with Crippen LogP contribution >= 0.6 is 11.3 Å². The third-order valence-electron chi connectivity index (χ3n) is 5.62. The summed E-state index contributed by atoms with van der Waals surface area (Å²) < 4.78 is 5.27. The summed E-state index contributed by atoms with van der Waals surface area (Å²) in [6.45, 7) is 9.27. The first-order valence-corrected chi connectivity index (χ1v) is 12.8. The number of aromatic nitrogens is 1. The lowest BCUT2D eigenvalue weighted by Gasteiger charge is -2.20. The fourth-order valence-corrected chi connectivity index (χ4v) is 4.97. The number of rotatable bonds is 7. The number of carbonyl (C=O) groups is 3. The molecule has 4 amide bonds. The first-order valence-electron chi connectivity index (χ1n) is 12.0. The van der Waals surface area contributed by atoms with E-state index >= 15 is 0 Å². The molecule has 3 heterocycles. The van der Waals surface area contributed by atoms with Crippen LogP contribution in [-0.4, -0.2) is 46.6 Å². The Hall–Kier alpha value is -3.92. The van der Waals surface area contributed by atoms with Crippen molar-refractivity contribution in [2.45, 2.75) is 46.4 Å². The molecule has 37 heavy (non-hydrogen) atoms. The Labute approximate surface area is 220 Å². The molecule has 0 aliphatic carbocycles. The number of hydrogen-bond acceptors (Lipinski definition) is 6. The lowest BCUT2D eigenvalue weighted by atomic mass is 10.2. The molecule has 0 atom stereocenters. The Morgan fingerprint density at radius 1 is 1.11 bits per heavy atom. The molecule has 10 heteroatoms. The van der Waals surface area contributed by atoms with Gasteiger partial charge in [-0.1, -0.05) is 18.2 Å². The molecule has 1 aliphatic heterocycles. The van der Waals surface area contributed by atoms with Crippen molar-refractivity contribution >= 4 is 40.1 Å². The van der Waals surface area contributed by atoms with Crippen LogP contribution in [0.15, 0.2) is 54.9 Å². The monoisotopic (exact) mass is 521 g/mol. The van der Waals surface area contributed by atoms with Gasteiger partial charge in [0.25, 0.3) is 5.91 Å². The lowest BCUT2D eigenvalue weighted by Crippen LogP contribution is -2.31. The lowest BCUT2D eigenvalue weighted by molar-refractivity contribution is 0.0635. The van der Waals surface area contributed by atoms with E-state index in [1.807, 2.05) is 58.0 Å². The van der Waals surface area contributed by atoms with Crippen molar-refractivity contribution in [3.05, 3.63) is 76.4 Å². The molecule has 1 aliphatic rings. The van der Waals surface area contributed by atoms with Crippen molar-refractivity contribution in [2.75, 3.05) is 23.3 Å². The van der Waals surface area contributed by atoms with Crippen LogP contribution in [0.1, 0.15) is 47.1 Å². The van der Waals surface area contributed by atoms with Gasteiger partial charge in [-0.15, -0.1) is 11.3 Å². The number of pyridine rings is 1. The van der Waals surface area contributed by atoms with Crippen LogP contribution in [0.4, 0.5) is 20.3 Å². The molecule has 4 rings (SSSR count). The maximum absolute atomic E-state index is 13.1. The largest absolute Gasteiger partial charge is 0.444 e. The average molecular weight is 522 g/mol. The van der Waals surface area contributed by atoms with E-state index in [4.69, 9.17) is 4.74 Å². The van der Waals surface area contributed by atoms with Gasteiger partial charge in [0.1, 0.15) is 10.6 Å². The van der Waals surface area contributed by atoms with E-state index in [0.29, 0.717) is 36.7 Å². The van der Waals surface area contributed by atoms with Gasteiger partial charge in [0, 0.05) is 44.3 Å². The summed E-state index contributed by atoms with van der Waals surface area (Å²) >= 11 is 1.32. The normalized spacial score (nSPS) is 13.6. The average Bonchev–Trinajstić information content (AvgIpc) is 3.40. The van der Waals surface area contributed by atoms with Crippen LogP contribution in [0.25, 0.3) is 0 Å². The van der Waals surface area contributed by atoms with Crippen molar-refractivity contribution in [3.63, 3.8) is 0 Å². The minimum absolute atomic E-state index is 0.0977. The third kappa shape index (κ3) is 6.85. The van der Waals surface area contributed by atoms with E-state index in [0.717, 1.165) is 21.7 Å². The molecule has 9 nitrogen and oxygen atoms in total. The highest BCUT2D eigenvalue weighted by atomic mass is 32.1. The van der Waals surface area contributed by atoms with Gasteiger partial charge in [0.2, 0.25) is 0 Å². The van der Waals surface area contributed by atoms with E-state index in [1.54, 1.807) is 34.3 Å². The number of nitrogens with one attached hydrogen (secondary N) is 2. The predicted molar refractivity (Wildman–Crippen MR) is 144 cm³/mol. The summed E-state index contributed by atoms with van der Waals surface area (Å²) in [5, 5.41) is 6.39. The van der Waals surface area contributed by atoms with E-state index in [2.05, 4.69) is 15.6 Å². The van der Waals surface area contributed by atoms with Gasteiger partial charge < -0.3 is 15.0 Å². The first kappa shape index (κ1) is 26.2. The van der Waals surface area contributed by atoms with Gasteiger partial charge in [0.15, 0.2) is 0 Å². The van der Waals surface area contributed by atoms with Crippen LogP contribution in [0.3, 0.4) is 0 Å². The second kappa shape index (κ2) is 11.0. The summed E-state index contributed by atoms with van der Waals surface area (Å²) in [6, 6.07) is 12.9. The Morgan fingerprint density at radius 2 is 1.86 bits per heavy atom. The minimum atomic E-state index is -0.572. The highest BCUT2D eigenvalue weighted by molar-refractivity contribution is 7.18. The SMILES string of the molecule is Cc1cc(N2CCN(Cc3ccc(NC(=O)OC(C)(C)C)cc3)C2=O)sc1C(=O)NCc1cccnc1. The molecule has 194 valence electrons. The molecule has 1 aromatic carbocycles. The topological polar surface area (TPSA) is 104 Å². The predicted octanol–water partition coefficient (Wildman–Crippen LogP) is 5.17. The summed E-state index contributed by atoms with van der Waals surface area (Å²) in [4.78, 5) is 46.0. The second-order valence-corrected chi connectivity index (χ2v) is 10.9. The molecule has 3 aromatic rings. The molecule has 2 aromatic heterocycles. The van der Waals surface area contributed by atoms with Crippen LogP contribution in [0.2, 0.25) is 0 Å². The molecule has 2 N–H and O–H groups in total. The van der Waals surface area contributed by atoms with Gasteiger partial charge in [0.05, 0.1) is 4.88 Å². The van der Waals surface area contributed by atoms with Gasteiger partial charge in [-0.2, -0.15) is 0 Å². The Morgan fingerprint density at radius 3 is 2.54 bits per heavy atom. The number of carbonyl (C=O) groups excluding carboxylic acids is 3. The molecule has 0 radical (unpaired) electrons. The number of thiophene rings is 1. The number of nitrogens with zero attached hydrogens (tertiary/aromatic N) is 3. The minimum Gasteiger partial charge on any atom is -0.444 e. The molecular formula is C27H31N5O4S. The Balaban J connectivity index is 1.33. The molecular weight excluding hydrogens is 490 g/mol. The molecule has 1 saturated heterocycles. The van der Waals surface area contributed by atoms with E-state index < -0.39 is 11.7 Å². The third-order valence-corrected chi connectivity index (χ3v) is 6.88. The maximum Gasteiger partial charge on any atom is 0.412 e. The number of ether oxygens (including phenoxy) is 1. The number of urea groups is 1. The molecule has 0 saturated carbocycles. The summed E-state index contributed by atoms with van der Waals surface area (Å²) in [7, 11) is 0. The van der Waals surface area contributed by atoms with Crippen molar-refractivity contribution in [3.8, 4) is 0 Å². The zero-order valence-corrected chi connectivity index (χ0v) is 22.2. The molecule has 0 unspecified atom stereocenters. The summed E-state index contributed by atoms with van der Waals surface area (Å²) in [6.07, 6.45) is 2.90. The summed E-state index contributed by atoms with van der Waals surface area (Å²) in [5.74, 6) is -0.166. The quantitative estimate of drug-likeness (QED) is 0.446. The van der Waals surface area contributed by atoms with E-state index in [1.165, 1.54) is 11.3 Å². The first-order chi connectivity index (χ1) is 17.6. The Bertz CT molecular complexity index is 1270. The van der Waals surface area contributed by atoms with Crippen molar-refractivity contribution in [1.82, 2.24) is 15.2 Å². The standard InChI is InChI=1S/C27H31N5O4S/c1-18-14-22(37-23(18)24(33)29-16-20-6-5-11-28-15-20)32-13-12-31(26(32)35)17-19-7-9-21(10-8-19)30-25(34)36-27(2,3)4/h5-11,14-15H,12-13,16-17H2,1-4H3,(H,29,33)(H,30,34). The highest BCUT2D eigenvalue weighted by Gasteiger charge is 2.31. The molecule has 1 fully saturated rings. The number of aryl methyl sites for hydroxylation is 1. The van der Waals surface area contributed by atoms with Crippen molar-refractivity contribution in [2.24, 2.45) is 0 Å². The fraction of sp³-hybridized carbons (Fsp3) is 0.333. The number of hydrogen-bond donors (Lipinski definition) is 2. The van der Waals surface area contributed by atoms with Crippen LogP contribution in [-0.2, 0) is 17.8 Å².